The lowest BCUT2D eigenvalue weighted by molar-refractivity contribution is -0.385. The normalized spacial score (nSPS) is 11.5. The second kappa shape index (κ2) is 7.04. The van der Waals surface area contributed by atoms with E-state index in [1.165, 1.54) is 18.3 Å². The molecule has 0 spiro atoms. The SMILES string of the molecule is O=[N+]([O-])c1ccc(NN=C(c2ccccc2)c2nc3ccccc3[nH]2)nc1. The van der Waals surface area contributed by atoms with E-state index in [4.69, 9.17) is 0 Å². The Morgan fingerprint density at radius 3 is 2.52 bits per heavy atom. The van der Waals surface area contributed by atoms with Crippen molar-refractivity contribution in [3.8, 4) is 0 Å². The smallest absolute Gasteiger partial charge is 0.287 e. The van der Waals surface area contributed by atoms with E-state index >= 15 is 0 Å². The summed E-state index contributed by atoms with van der Waals surface area (Å²) in [5, 5.41) is 15.2. The Kier molecular flexibility index (Phi) is 4.28. The first-order chi connectivity index (χ1) is 13.2. The number of hydrazone groups is 1. The lowest BCUT2D eigenvalue weighted by Crippen LogP contribution is -2.09. The van der Waals surface area contributed by atoms with Gasteiger partial charge in [-0.25, -0.2) is 9.97 Å². The molecule has 2 aromatic heterocycles. The lowest BCUT2D eigenvalue weighted by Gasteiger charge is -2.05. The summed E-state index contributed by atoms with van der Waals surface area (Å²) in [5.74, 6) is 1.00. The van der Waals surface area contributed by atoms with Crippen LogP contribution in [0.2, 0.25) is 0 Å². The molecular weight excluding hydrogens is 344 g/mol. The zero-order chi connectivity index (χ0) is 18.6. The topological polar surface area (TPSA) is 109 Å². The molecule has 0 saturated carbocycles. The Labute approximate surface area is 153 Å². The number of imidazole rings is 1. The van der Waals surface area contributed by atoms with Crippen LogP contribution in [0.1, 0.15) is 11.4 Å². The summed E-state index contributed by atoms with van der Waals surface area (Å²) in [4.78, 5) is 22.1. The molecule has 0 aliphatic rings. The summed E-state index contributed by atoms with van der Waals surface area (Å²) in [7, 11) is 0. The van der Waals surface area contributed by atoms with E-state index in [1.807, 2.05) is 54.6 Å². The molecule has 4 aromatic rings. The van der Waals surface area contributed by atoms with Gasteiger partial charge in [-0.15, -0.1) is 0 Å². The minimum atomic E-state index is -0.496. The van der Waals surface area contributed by atoms with Gasteiger partial charge in [-0.1, -0.05) is 42.5 Å². The van der Waals surface area contributed by atoms with E-state index in [9.17, 15) is 10.1 Å². The van der Waals surface area contributed by atoms with Gasteiger partial charge in [0.05, 0.1) is 16.0 Å². The van der Waals surface area contributed by atoms with Crippen LogP contribution in [0, 0.1) is 10.1 Å². The number of pyridine rings is 1. The Hall–Kier alpha value is -4.07. The number of para-hydroxylation sites is 2. The average Bonchev–Trinajstić information content (AvgIpc) is 3.13. The number of benzene rings is 2. The minimum Gasteiger partial charge on any atom is -0.337 e. The lowest BCUT2D eigenvalue weighted by atomic mass is 10.1. The Morgan fingerprint density at radius 2 is 1.81 bits per heavy atom. The van der Waals surface area contributed by atoms with Crippen LogP contribution >= 0.6 is 0 Å². The number of anilines is 1. The highest BCUT2D eigenvalue weighted by Gasteiger charge is 2.12. The molecule has 2 N–H and O–H groups in total. The Bertz CT molecular complexity index is 1090. The molecule has 8 nitrogen and oxygen atoms in total. The predicted molar refractivity (Wildman–Crippen MR) is 103 cm³/mol. The van der Waals surface area contributed by atoms with Gasteiger partial charge in [0, 0.05) is 11.6 Å². The van der Waals surface area contributed by atoms with Gasteiger partial charge in [0.25, 0.3) is 5.69 Å². The van der Waals surface area contributed by atoms with Crippen molar-refractivity contribution in [3.63, 3.8) is 0 Å². The first-order valence-electron chi connectivity index (χ1n) is 8.15. The van der Waals surface area contributed by atoms with Crippen LogP contribution in [-0.2, 0) is 0 Å². The van der Waals surface area contributed by atoms with E-state index in [1.54, 1.807) is 0 Å². The third kappa shape index (κ3) is 3.49. The molecule has 0 aliphatic heterocycles. The van der Waals surface area contributed by atoms with Crippen LogP contribution in [0.3, 0.4) is 0 Å². The van der Waals surface area contributed by atoms with E-state index in [2.05, 4.69) is 25.5 Å². The second-order valence-corrected chi connectivity index (χ2v) is 5.70. The number of rotatable bonds is 5. The van der Waals surface area contributed by atoms with Crippen molar-refractivity contribution in [3.05, 3.63) is 94.4 Å². The summed E-state index contributed by atoms with van der Waals surface area (Å²) in [6, 6.07) is 20.2. The monoisotopic (exact) mass is 358 g/mol. The van der Waals surface area contributed by atoms with Crippen molar-refractivity contribution in [2.75, 3.05) is 5.43 Å². The summed E-state index contributed by atoms with van der Waals surface area (Å²) < 4.78 is 0. The number of hydrogen-bond donors (Lipinski definition) is 2. The maximum absolute atomic E-state index is 10.7. The highest BCUT2D eigenvalue weighted by atomic mass is 16.6. The first kappa shape index (κ1) is 16.4. The van der Waals surface area contributed by atoms with Crippen LogP contribution in [0.5, 0.6) is 0 Å². The molecule has 4 rings (SSSR count). The van der Waals surface area contributed by atoms with Crippen molar-refractivity contribution >= 4 is 28.3 Å². The summed E-state index contributed by atoms with van der Waals surface area (Å²) in [6.07, 6.45) is 1.18. The minimum absolute atomic E-state index is 0.0786. The third-order valence-corrected chi connectivity index (χ3v) is 3.90. The number of nitro groups is 1. The predicted octanol–water partition coefficient (Wildman–Crippen LogP) is 3.73. The number of nitrogens with one attached hydrogen (secondary N) is 2. The first-order valence-corrected chi connectivity index (χ1v) is 8.15. The maximum atomic E-state index is 10.7. The van der Waals surface area contributed by atoms with Gasteiger partial charge in [0.15, 0.2) is 5.82 Å². The molecule has 0 atom stereocenters. The largest absolute Gasteiger partial charge is 0.337 e. The molecule has 0 fully saturated rings. The molecule has 0 amide bonds. The van der Waals surface area contributed by atoms with Crippen LogP contribution in [0.4, 0.5) is 11.5 Å². The fraction of sp³-hybridized carbons (Fsp3) is 0. The van der Waals surface area contributed by atoms with Crippen LogP contribution < -0.4 is 5.43 Å². The highest BCUT2D eigenvalue weighted by molar-refractivity contribution is 6.12. The molecule has 8 heteroatoms. The van der Waals surface area contributed by atoms with Crippen LogP contribution in [0.25, 0.3) is 11.0 Å². The summed E-state index contributed by atoms with van der Waals surface area (Å²) in [6.45, 7) is 0. The van der Waals surface area contributed by atoms with Crippen LogP contribution in [0.15, 0.2) is 78.0 Å². The molecule has 0 unspecified atom stereocenters. The van der Waals surface area contributed by atoms with Gasteiger partial charge in [-0.05, 0) is 18.2 Å². The number of aromatic amines is 1. The maximum Gasteiger partial charge on any atom is 0.287 e. The van der Waals surface area contributed by atoms with Gasteiger partial charge in [-0.2, -0.15) is 5.10 Å². The molecule has 0 saturated heterocycles. The quantitative estimate of drug-likeness (QED) is 0.321. The van der Waals surface area contributed by atoms with E-state index in [-0.39, 0.29) is 5.69 Å². The van der Waals surface area contributed by atoms with Crippen LogP contribution in [-0.4, -0.2) is 25.6 Å². The number of hydrogen-bond acceptors (Lipinski definition) is 6. The van der Waals surface area contributed by atoms with Gasteiger partial charge in [0.2, 0.25) is 0 Å². The number of aromatic nitrogens is 3. The molecule has 2 heterocycles. The zero-order valence-corrected chi connectivity index (χ0v) is 14.0. The molecule has 2 aromatic carbocycles. The van der Waals surface area contributed by atoms with Crippen molar-refractivity contribution in [1.82, 2.24) is 15.0 Å². The Morgan fingerprint density at radius 1 is 1.04 bits per heavy atom. The standard InChI is InChI=1S/C19H14N6O2/c26-25(27)14-10-11-17(20-12-14)23-24-18(13-6-2-1-3-7-13)19-21-15-8-4-5-9-16(15)22-19/h1-12H,(H,20,23)(H,21,22). The molecular formula is C19H14N6O2. The summed E-state index contributed by atoms with van der Waals surface area (Å²) >= 11 is 0. The van der Waals surface area contributed by atoms with Gasteiger partial charge >= 0.3 is 0 Å². The fourth-order valence-corrected chi connectivity index (χ4v) is 2.59. The van der Waals surface area contributed by atoms with Crippen molar-refractivity contribution in [1.29, 1.82) is 0 Å². The highest BCUT2D eigenvalue weighted by Crippen LogP contribution is 2.16. The summed E-state index contributed by atoms with van der Waals surface area (Å²) in [5.41, 5.74) is 5.98. The molecule has 27 heavy (non-hydrogen) atoms. The van der Waals surface area contributed by atoms with Crippen molar-refractivity contribution in [2.45, 2.75) is 0 Å². The van der Waals surface area contributed by atoms with Gasteiger partial charge in [-0.3, -0.25) is 15.5 Å². The number of fused-ring (bicyclic) bond motifs is 1. The van der Waals surface area contributed by atoms with Gasteiger partial charge in [0.1, 0.15) is 17.7 Å². The molecule has 0 radical (unpaired) electrons. The fourth-order valence-electron chi connectivity index (χ4n) is 2.59. The number of nitrogens with zero attached hydrogens (tertiary/aromatic N) is 4. The Balaban J connectivity index is 1.71. The number of H-pyrrole nitrogens is 1. The average molecular weight is 358 g/mol. The third-order valence-electron chi connectivity index (χ3n) is 3.90. The van der Waals surface area contributed by atoms with Crippen molar-refractivity contribution < 1.29 is 4.92 Å². The molecule has 0 bridgehead atoms. The molecule has 132 valence electrons. The van der Waals surface area contributed by atoms with Gasteiger partial charge < -0.3 is 4.98 Å². The van der Waals surface area contributed by atoms with E-state index in [0.29, 0.717) is 17.4 Å². The van der Waals surface area contributed by atoms with E-state index < -0.39 is 4.92 Å². The van der Waals surface area contributed by atoms with Crippen molar-refractivity contribution in [2.24, 2.45) is 5.10 Å². The zero-order valence-electron chi connectivity index (χ0n) is 14.0. The van der Waals surface area contributed by atoms with E-state index in [0.717, 1.165) is 16.6 Å². The molecule has 0 aliphatic carbocycles. The second-order valence-electron chi connectivity index (χ2n) is 5.70.